The Bertz CT molecular complexity index is 1010. The number of nitrogens with one attached hydrogen (secondary N) is 2. The average molecular weight is 450 g/mol. The largest absolute Gasteiger partial charge is 0.456 e. The predicted octanol–water partition coefficient (Wildman–Crippen LogP) is 4.20. The van der Waals surface area contributed by atoms with Gasteiger partial charge in [-0.2, -0.15) is 13.2 Å². The van der Waals surface area contributed by atoms with Crippen molar-refractivity contribution in [2.75, 3.05) is 17.2 Å². The smallest absolute Gasteiger partial charge is 0.416 e. The van der Waals surface area contributed by atoms with Gasteiger partial charge in [-0.1, -0.05) is 18.2 Å². The zero-order valence-electron chi connectivity index (χ0n) is 17.1. The molecule has 0 heterocycles. The number of ketones is 1. The Hall–Kier alpha value is -3.69. The predicted molar refractivity (Wildman–Crippen MR) is 110 cm³/mol. The highest BCUT2D eigenvalue weighted by atomic mass is 19.4. The minimum atomic E-state index is -4.55. The summed E-state index contributed by atoms with van der Waals surface area (Å²) in [6.45, 7) is 0.742. The number of hydrogen-bond donors (Lipinski definition) is 2. The van der Waals surface area contributed by atoms with E-state index in [1.807, 2.05) is 0 Å². The zero-order valence-corrected chi connectivity index (χ0v) is 17.1. The van der Waals surface area contributed by atoms with Gasteiger partial charge in [0.05, 0.1) is 5.56 Å². The summed E-state index contributed by atoms with van der Waals surface area (Å²) in [5.41, 5.74) is -0.0868. The highest BCUT2D eigenvalue weighted by Crippen LogP contribution is 2.30. The van der Waals surface area contributed by atoms with Crippen LogP contribution in [0, 0.1) is 0 Å². The van der Waals surface area contributed by atoms with Gasteiger partial charge in [0.1, 0.15) is 0 Å². The second-order valence-electron chi connectivity index (χ2n) is 6.83. The van der Waals surface area contributed by atoms with E-state index < -0.39 is 30.2 Å². The second kappa shape index (κ2) is 11.1. The molecule has 2 aromatic carbocycles. The molecule has 2 amide bonds. The van der Waals surface area contributed by atoms with Crippen LogP contribution in [0.5, 0.6) is 0 Å². The molecule has 0 radical (unpaired) electrons. The van der Waals surface area contributed by atoms with Crippen molar-refractivity contribution in [2.24, 2.45) is 0 Å². The van der Waals surface area contributed by atoms with Crippen LogP contribution < -0.4 is 10.6 Å². The van der Waals surface area contributed by atoms with E-state index >= 15 is 0 Å². The lowest BCUT2D eigenvalue weighted by atomic mass is 10.1. The number of esters is 1. The Morgan fingerprint density at radius 1 is 0.875 bits per heavy atom. The Balaban J connectivity index is 1.70. The molecule has 2 rings (SSSR count). The Labute approximate surface area is 181 Å². The fraction of sp³-hybridized carbons (Fsp3) is 0.273. The molecular weight excluding hydrogens is 429 g/mol. The minimum absolute atomic E-state index is 0.00975. The number of halogens is 3. The number of benzene rings is 2. The van der Waals surface area contributed by atoms with Crippen LogP contribution in [0.1, 0.15) is 42.1 Å². The lowest BCUT2D eigenvalue weighted by Gasteiger charge is -2.10. The maximum atomic E-state index is 12.7. The van der Waals surface area contributed by atoms with Gasteiger partial charge in [0.2, 0.25) is 5.91 Å². The quantitative estimate of drug-likeness (QED) is 0.441. The number of carbonyl (C=O) groups is 4. The van der Waals surface area contributed by atoms with Crippen LogP contribution in [0.25, 0.3) is 0 Å². The molecule has 0 fully saturated rings. The number of alkyl halides is 3. The van der Waals surface area contributed by atoms with Crippen LogP contribution >= 0.6 is 0 Å². The molecule has 2 N–H and O–H groups in total. The van der Waals surface area contributed by atoms with Gasteiger partial charge in [-0.15, -0.1) is 0 Å². The molecule has 0 aliphatic heterocycles. The van der Waals surface area contributed by atoms with Gasteiger partial charge in [0, 0.05) is 29.8 Å². The van der Waals surface area contributed by atoms with E-state index in [4.69, 9.17) is 4.74 Å². The molecule has 0 aromatic heterocycles. The third kappa shape index (κ3) is 8.21. The number of carbonyl (C=O) groups excluding carboxylic acids is 4. The molecular formula is C22H21F3N2O5. The average Bonchev–Trinajstić information content (AvgIpc) is 2.72. The number of Topliss-reactive ketones (excluding diaryl/α,β-unsaturated/α-hetero) is 1. The fourth-order valence-electron chi connectivity index (χ4n) is 2.62. The minimum Gasteiger partial charge on any atom is -0.456 e. The van der Waals surface area contributed by atoms with E-state index in [-0.39, 0.29) is 36.6 Å². The van der Waals surface area contributed by atoms with Gasteiger partial charge < -0.3 is 15.4 Å². The summed E-state index contributed by atoms with van der Waals surface area (Å²) in [6.07, 6.45) is -4.50. The molecule has 0 aliphatic rings. The molecule has 0 bridgehead atoms. The number of rotatable bonds is 9. The van der Waals surface area contributed by atoms with Crippen LogP contribution in [0.15, 0.2) is 48.5 Å². The van der Waals surface area contributed by atoms with Gasteiger partial charge in [-0.3, -0.25) is 19.2 Å². The Morgan fingerprint density at radius 2 is 1.50 bits per heavy atom. The van der Waals surface area contributed by atoms with Crippen molar-refractivity contribution in [1.82, 2.24) is 0 Å². The van der Waals surface area contributed by atoms with Crippen LogP contribution in [-0.2, 0) is 25.3 Å². The number of amides is 2. The van der Waals surface area contributed by atoms with Crippen molar-refractivity contribution < 1.29 is 37.1 Å². The molecule has 2 aromatic rings. The van der Waals surface area contributed by atoms with Crippen LogP contribution in [0.3, 0.4) is 0 Å². The topological polar surface area (TPSA) is 102 Å². The number of hydrogen-bond acceptors (Lipinski definition) is 5. The third-order valence-corrected chi connectivity index (χ3v) is 4.18. The van der Waals surface area contributed by atoms with Crippen molar-refractivity contribution in [2.45, 2.75) is 32.4 Å². The highest BCUT2D eigenvalue weighted by molar-refractivity contribution is 5.97. The molecule has 7 nitrogen and oxygen atoms in total. The molecule has 0 unspecified atom stereocenters. The van der Waals surface area contributed by atoms with E-state index in [9.17, 15) is 32.3 Å². The summed E-state index contributed by atoms with van der Waals surface area (Å²) in [7, 11) is 0. The van der Waals surface area contributed by atoms with Crippen molar-refractivity contribution >= 4 is 34.9 Å². The molecule has 0 saturated carbocycles. The zero-order chi connectivity index (χ0) is 23.7. The third-order valence-electron chi connectivity index (χ3n) is 4.18. The molecule has 10 heteroatoms. The fourth-order valence-corrected chi connectivity index (χ4v) is 2.62. The summed E-state index contributed by atoms with van der Waals surface area (Å²) >= 11 is 0. The van der Waals surface area contributed by atoms with Crippen molar-refractivity contribution in [3.63, 3.8) is 0 Å². The maximum Gasteiger partial charge on any atom is 0.416 e. The van der Waals surface area contributed by atoms with E-state index in [2.05, 4.69) is 10.6 Å². The second-order valence-corrected chi connectivity index (χ2v) is 6.83. The van der Waals surface area contributed by atoms with Crippen molar-refractivity contribution in [3.05, 3.63) is 59.7 Å². The monoisotopic (exact) mass is 450 g/mol. The summed E-state index contributed by atoms with van der Waals surface area (Å²) in [5.74, 6) is -2.02. The SMILES string of the molecule is CC(=O)c1cccc(NC(=O)CCCC(=O)OCC(=O)Nc2cccc(C(F)(F)F)c2)c1. The number of ether oxygens (including phenoxy) is 1. The van der Waals surface area contributed by atoms with E-state index in [1.54, 1.807) is 18.2 Å². The summed E-state index contributed by atoms with van der Waals surface area (Å²) in [4.78, 5) is 46.8. The first-order chi connectivity index (χ1) is 15.0. The van der Waals surface area contributed by atoms with Crippen LogP contribution in [0.2, 0.25) is 0 Å². The molecule has 0 atom stereocenters. The molecule has 0 saturated heterocycles. The maximum absolute atomic E-state index is 12.7. The first-order valence-electron chi connectivity index (χ1n) is 9.58. The van der Waals surface area contributed by atoms with E-state index in [0.717, 1.165) is 18.2 Å². The van der Waals surface area contributed by atoms with Gasteiger partial charge >= 0.3 is 12.1 Å². The normalized spacial score (nSPS) is 10.9. The lowest BCUT2D eigenvalue weighted by Crippen LogP contribution is -2.21. The Kier molecular flexibility index (Phi) is 8.51. The van der Waals surface area contributed by atoms with Crippen molar-refractivity contribution in [3.8, 4) is 0 Å². The number of anilines is 2. The first kappa shape index (κ1) is 24.6. The van der Waals surface area contributed by atoms with E-state index in [1.165, 1.54) is 19.1 Å². The van der Waals surface area contributed by atoms with Gasteiger partial charge in [-0.25, -0.2) is 0 Å². The first-order valence-corrected chi connectivity index (χ1v) is 9.58. The Morgan fingerprint density at radius 3 is 2.16 bits per heavy atom. The molecule has 0 aliphatic carbocycles. The van der Waals surface area contributed by atoms with Crippen LogP contribution in [0.4, 0.5) is 24.5 Å². The summed E-state index contributed by atoms with van der Waals surface area (Å²) in [6, 6.07) is 10.5. The standard InChI is InChI=1S/C22H21F3N2O5/c1-14(28)15-5-2-7-17(11-15)26-19(29)9-4-10-21(31)32-13-20(30)27-18-8-3-6-16(12-18)22(23,24)25/h2-3,5-8,11-12H,4,9-10,13H2,1H3,(H,26,29)(H,27,30). The summed E-state index contributed by atoms with van der Waals surface area (Å²) < 4.78 is 42.8. The lowest BCUT2D eigenvalue weighted by molar-refractivity contribution is -0.147. The van der Waals surface area contributed by atoms with Crippen LogP contribution in [-0.4, -0.2) is 30.2 Å². The summed E-state index contributed by atoms with van der Waals surface area (Å²) in [5, 5.41) is 4.84. The highest BCUT2D eigenvalue weighted by Gasteiger charge is 2.30. The molecule has 32 heavy (non-hydrogen) atoms. The van der Waals surface area contributed by atoms with Gasteiger partial charge in [0.25, 0.3) is 5.91 Å². The van der Waals surface area contributed by atoms with Crippen molar-refractivity contribution in [1.29, 1.82) is 0 Å². The van der Waals surface area contributed by atoms with Gasteiger partial charge in [0.15, 0.2) is 12.4 Å². The molecule has 0 spiro atoms. The van der Waals surface area contributed by atoms with E-state index in [0.29, 0.717) is 11.3 Å². The van der Waals surface area contributed by atoms with Gasteiger partial charge in [-0.05, 0) is 43.7 Å². The molecule has 170 valence electrons.